The molecule has 0 bridgehead atoms. The number of fused-ring (bicyclic) bond motifs is 2. The second kappa shape index (κ2) is 7.04. The third kappa shape index (κ3) is 3.28. The Bertz CT molecular complexity index is 896. The number of carbonyl (C=O) groups is 2. The van der Waals surface area contributed by atoms with Crippen molar-refractivity contribution >= 4 is 23.2 Å². The van der Waals surface area contributed by atoms with Crippen molar-refractivity contribution in [1.29, 1.82) is 0 Å². The molecule has 0 saturated carbocycles. The van der Waals surface area contributed by atoms with Gasteiger partial charge in [-0.2, -0.15) is 0 Å². The van der Waals surface area contributed by atoms with E-state index in [1.54, 1.807) is 12.1 Å². The van der Waals surface area contributed by atoms with Gasteiger partial charge in [-0.3, -0.25) is 9.59 Å². The lowest BCUT2D eigenvalue weighted by atomic mass is 9.94. The molecular weight excluding hydrogens is 340 g/mol. The van der Waals surface area contributed by atoms with Crippen molar-refractivity contribution in [1.82, 2.24) is 10.6 Å². The molecule has 2 heterocycles. The van der Waals surface area contributed by atoms with Crippen LogP contribution in [-0.2, 0) is 11.2 Å². The van der Waals surface area contributed by atoms with E-state index in [4.69, 9.17) is 0 Å². The van der Waals surface area contributed by atoms with Crippen LogP contribution < -0.4 is 20.9 Å². The molecule has 2 aromatic rings. The lowest BCUT2D eigenvalue weighted by molar-refractivity contribution is -0.117. The summed E-state index contributed by atoms with van der Waals surface area (Å²) in [5, 5.41) is 9.37. The Balaban J connectivity index is 1.47. The zero-order valence-corrected chi connectivity index (χ0v) is 15.6. The minimum absolute atomic E-state index is 0.0643. The fourth-order valence-corrected chi connectivity index (χ4v) is 3.78. The topological polar surface area (TPSA) is 73.5 Å². The molecule has 140 valence electrons. The third-order valence-corrected chi connectivity index (χ3v) is 5.54. The van der Waals surface area contributed by atoms with Gasteiger partial charge < -0.3 is 20.9 Å². The molecule has 0 saturated heterocycles. The molecule has 0 spiro atoms. The Hall–Kier alpha value is -2.86. The van der Waals surface area contributed by atoms with Crippen molar-refractivity contribution in [2.24, 2.45) is 0 Å². The summed E-state index contributed by atoms with van der Waals surface area (Å²) in [6, 6.07) is 13.7. The largest absolute Gasteiger partial charge is 0.361 e. The van der Waals surface area contributed by atoms with Crippen LogP contribution in [0.2, 0.25) is 0 Å². The maximum absolute atomic E-state index is 12.6. The summed E-state index contributed by atoms with van der Waals surface area (Å²) in [5.74, 6) is -0.205. The minimum atomic E-state index is -0.227. The standard InChI is InChI=1S/C21H24N4O2/c1-13-20(26)24-17-11-15(7-8-19(17)25(13)2)21(27)23-12-18-16-6-4-3-5-14(16)9-10-22-18/h3-8,11,13,18,22H,9-10,12H2,1-2H3,(H,23,27)(H,24,26). The van der Waals surface area contributed by atoms with Crippen LogP contribution in [-0.4, -0.2) is 38.0 Å². The van der Waals surface area contributed by atoms with Crippen molar-refractivity contribution in [3.63, 3.8) is 0 Å². The number of nitrogens with zero attached hydrogens (tertiary/aromatic N) is 1. The summed E-state index contributed by atoms with van der Waals surface area (Å²) in [5.41, 5.74) is 4.72. The van der Waals surface area contributed by atoms with E-state index in [1.165, 1.54) is 11.1 Å². The summed E-state index contributed by atoms with van der Waals surface area (Å²) < 4.78 is 0. The van der Waals surface area contributed by atoms with Crippen LogP contribution in [0.4, 0.5) is 11.4 Å². The zero-order chi connectivity index (χ0) is 19.0. The lowest BCUT2D eigenvalue weighted by Gasteiger charge is -2.33. The second-order valence-electron chi connectivity index (χ2n) is 7.17. The van der Waals surface area contributed by atoms with Crippen molar-refractivity contribution in [3.05, 3.63) is 59.2 Å². The van der Waals surface area contributed by atoms with Crippen LogP contribution in [0.3, 0.4) is 0 Å². The molecule has 3 N–H and O–H groups in total. The van der Waals surface area contributed by atoms with Crippen molar-refractivity contribution in [2.75, 3.05) is 30.4 Å². The fourth-order valence-electron chi connectivity index (χ4n) is 3.78. The van der Waals surface area contributed by atoms with E-state index >= 15 is 0 Å². The lowest BCUT2D eigenvalue weighted by Crippen LogP contribution is -2.44. The van der Waals surface area contributed by atoms with Gasteiger partial charge in [0.2, 0.25) is 5.91 Å². The summed E-state index contributed by atoms with van der Waals surface area (Å²) >= 11 is 0. The average Bonchev–Trinajstić information content (AvgIpc) is 2.70. The first-order valence-electron chi connectivity index (χ1n) is 9.31. The number of amides is 2. The van der Waals surface area contributed by atoms with Gasteiger partial charge in [0.1, 0.15) is 6.04 Å². The first-order chi connectivity index (χ1) is 13.0. The van der Waals surface area contributed by atoms with Crippen LogP contribution in [0, 0.1) is 0 Å². The summed E-state index contributed by atoms with van der Waals surface area (Å²) in [6.07, 6.45) is 1.01. The number of benzene rings is 2. The Kier molecular flexibility index (Phi) is 4.58. The van der Waals surface area contributed by atoms with Gasteiger partial charge in [-0.05, 0) is 49.2 Å². The Morgan fingerprint density at radius 3 is 2.93 bits per heavy atom. The van der Waals surface area contributed by atoms with E-state index in [1.807, 2.05) is 31.0 Å². The van der Waals surface area contributed by atoms with Gasteiger partial charge in [0.05, 0.1) is 11.4 Å². The summed E-state index contributed by atoms with van der Waals surface area (Å²) in [4.78, 5) is 26.6. The van der Waals surface area contributed by atoms with Crippen molar-refractivity contribution in [3.8, 4) is 0 Å². The average molecular weight is 364 g/mol. The van der Waals surface area contributed by atoms with Gasteiger partial charge in [0, 0.05) is 25.2 Å². The van der Waals surface area contributed by atoms with E-state index in [2.05, 4.69) is 34.1 Å². The first kappa shape index (κ1) is 17.5. The molecule has 2 aliphatic rings. The number of rotatable bonds is 3. The summed E-state index contributed by atoms with van der Waals surface area (Å²) in [7, 11) is 1.88. The highest BCUT2D eigenvalue weighted by Gasteiger charge is 2.27. The number of hydrogen-bond acceptors (Lipinski definition) is 4. The van der Waals surface area contributed by atoms with Gasteiger partial charge in [-0.25, -0.2) is 0 Å². The monoisotopic (exact) mass is 364 g/mol. The molecule has 27 heavy (non-hydrogen) atoms. The van der Waals surface area contributed by atoms with E-state index in [-0.39, 0.29) is 23.9 Å². The maximum Gasteiger partial charge on any atom is 0.251 e. The zero-order valence-electron chi connectivity index (χ0n) is 15.6. The smallest absolute Gasteiger partial charge is 0.251 e. The van der Waals surface area contributed by atoms with Gasteiger partial charge in [0.25, 0.3) is 5.91 Å². The highest BCUT2D eigenvalue weighted by molar-refractivity contribution is 6.05. The molecule has 2 aliphatic heterocycles. The van der Waals surface area contributed by atoms with Crippen molar-refractivity contribution < 1.29 is 9.59 Å². The number of anilines is 2. The predicted octanol–water partition coefficient (Wildman–Crippen LogP) is 2.08. The molecule has 2 atom stereocenters. The molecule has 0 aliphatic carbocycles. The van der Waals surface area contributed by atoms with Crippen LogP contribution in [0.5, 0.6) is 0 Å². The van der Waals surface area contributed by atoms with Gasteiger partial charge in [-0.1, -0.05) is 24.3 Å². The van der Waals surface area contributed by atoms with E-state index < -0.39 is 0 Å². The number of nitrogens with one attached hydrogen (secondary N) is 3. The number of likely N-dealkylation sites (N-methyl/N-ethyl adjacent to an activating group) is 1. The molecule has 4 rings (SSSR count). The molecular formula is C21H24N4O2. The van der Waals surface area contributed by atoms with Gasteiger partial charge >= 0.3 is 0 Å². The van der Waals surface area contributed by atoms with Crippen LogP contribution >= 0.6 is 0 Å². The quantitative estimate of drug-likeness (QED) is 0.780. The first-order valence-corrected chi connectivity index (χ1v) is 9.31. The SMILES string of the molecule is CC1C(=O)Nc2cc(C(=O)NCC3NCCc4ccccc43)ccc2N1C. The van der Waals surface area contributed by atoms with Crippen LogP contribution in [0.25, 0.3) is 0 Å². The molecule has 6 nitrogen and oxygen atoms in total. The van der Waals surface area contributed by atoms with Gasteiger partial charge in [0.15, 0.2) is 0 Å². The Morgan fingerprint density at radius 1 is 1.26 bits per heavy atom. The molecule has 6 heteroatoms. The van der Waals surface area contributed by atoms with Crippen LogP contribution in [0.15, 0.2) is 42.5 Å². The van der Waals surface area contributed by atoms with E-state index in [0.717, 1.165) is 18.7 Å². The molecule has 2 aromatic carbocycles. The highest BCUT2D eigenvalue weighted by Crippen LogP contribution is 2.31. The summed E-state index contributed by atoms with van der Waals surface area (Å²) in [6.45, 7) is 3.29. The molecule has 2 unspecified atom stereocenters. The number of carbonyl (C=O) groups excluding carboxylic acids is 2. The predicted molar refractivity (Wildman–Crippen MR) is 106 cm³/mol. The minimum Gasteiger partial charge on any atom is -0.361 e. The normalized spacial score (nSPS) is 21.1. The molecule has 0 radical (unpaired) electrons. The third-order valence-electron chi connectivity index (χ3n) is 5.54. The highest BCUT2D eigenvalue weighted by atomic mass is 16.2. The van der Waals surface area contributed by atoms with Crippen LogP contribution in [0.1, 0.15) is 34.5 Å². The van der Waals surface area contributed by atoms with E-state index in [9.17, 15) is 9.59 Å². The Labute approximate surface area is 158 Å². The second-order valence-corrected chi connectivity index (χ2v) is 7.17. The number of hydrogen-bond donors (Lipinski definition) is 3. The fraction of sp³-hybridized carbons (Fsp3) is 0.333. The molecule has 0 aromatic heterocycles. The molecule has 2 amide bonds. The Morgan fingerprint density at radius 2 is 2.07 bits per heavy atom. The van der Waals surface area contributed by atoms with Gasteiger partial charge in [-0.15, -0.1) is 0 Å². The van der Waals surface area contributed by atoms with Crippen molar-refractivity contribution in [2.45, 2.75) is 25.4 Å². The van der Waals surface area contributed by atoms with E-state index in [0.29, 0.717) is 17.8 Å². The molecule has 0 fully saturated rings. The maximum atomic E-state index is 12.6.